The van der Waals surface area contributed by atoms with E-state index in [1.807, 2.05) is 6.07 Å². The number of halogens is 2. The molecule has 0 amide bonds. The molecular formula is C16H13ClFNO2. The van der Waals surface area contributed by atoms with E-state index in [0.717, 1.165) is 5.56 Å². The molecule has 0 N–H and O–H groups in total. The lowest BCUT2D eigenvalue weighted by Gasteiger charge is -2.12. The topological polar surface area (TPSA) is 42.2 Å². The molecule has 3 nitrogen and oxygen atoms in total. The molecule has 0 heterocycles. The monoisotopic (exact) mass is 305 g/mol. The minimum atomic E-state index is -0.450. The Kier molecular flexibility index (Phi) is 5.02. The van der Waals surface area contributed by atoms with Gasteiger partial charge in [-0.2, -0.15) is 5.26 Å². The summed E-state index contributed by atoms with van der Waals surface area (Å²) in [6.07, 6.45) is 0. The van der Waals surface area contributed by atoms with Crippen molar-refractivity contribution in [1.82, 2.24) is 0 Å². The van der Waals surface area contributed by atoms with Crippen LogP contribution in [0.4, 0.5) is 4.39 Å². The predicted octanol–water partition coefficient (Wildman–Crippen LogP) is 4.02. The van der Waals surface area contributed by atoms with Gasteiger partial charge in [-0.1, -0.05) is 18.2 Å². The van der Waals surface area contributed by atoms with Gasteiger partial charge in [0.15, 0.2) is 11.6 Å². The van der Waals surface area contributed by atoms with Gasteiger partial charge >= 0.3 is 0 Å². The highest BCUT2D eigenvalue weighted by Gasteiger charge is 2.10. The maximum atomic E-state index is 13.8. The van der Waals surface area contributed by atoms with E-state index in [-0.39, 0.29) is 18.2 Å². The SMILES string of the molecule is COc1cc(COc2c(F)cccc2CCl)ccc1C#N. The molecule has 0 aliphatic carbocycles. The molecule has 0 radical (unpaired) electrons. The molecule has 0 spiro atoms. The zero-order valence-corrected chi connectivity index (χ0v) is 12.2. The van der Waals surface area contributed by atoms with Crippen LogP contribution in [-0.2, 0) is 12.5 Å². The second-order valence-electron chi connectivity index (χ2n) is 4.30. The lowest BCUT2D eigenvalue weighted by atomic mass is 10.1. The third-order valence-electron chi connectivity index (χ3n) is 2.96. The van der Waals surface area contributed by atoms with Crippen LogP contribution in [0.15, 0.2) is 36.4 Å². The minimum Gasteiger partial charge on any atom is -0.495 e. The van der Waals surface area contributed by atoms with Gasteiger partial charge in [0.2, 0.25) is 0 Å². The van der Waals surface area contributed by atoms with Gasteiger partial charge in [-0.25, -0.2) is 4.39 Å². The summed E-state index contributed by atoms with van der Waals surface area (Å²) in [5, 5.41) is 8.93. The van der Waals surface area contributed by atoms with Crippen LogP contribution in [-0.4, -0.2) is 7.11 Å². The second kappa shape index (κ2) is 6.96. The molecule has 0 saturated heterocycles. The first-order chi connectivity index (χ1) is 10.2. The Bertz CT molecular complexity index is 682. The highest BCUT2D eigenvalue weighted by Crippen LogP contribution is 2.26. The summed E-state index contributed by atoms with van der Waals surface area (Å²) in [5.41, 5.74) is 1.81. The van der Waals surface area contributed by atoms with Crippen LogP contribution in [0.5, 0.6) is 11.5 Å². The molecule has 0 fully saturated rings. The van der Waals surface area contributed by atoms with Gasteiger partial charge in [-0.05, 0) is 23.8 Å². The van der Waals surface area contributed by atoms with E-state index >= 15 is 0 Å². The Morgan fingerprint density at radius 2 is 2.10 bits per heavy atom. The maximum Gasteiger partial charge on any atom is 0.165 e. The van der Waals surface area contributed by atoms with Gasteiger partial charge in [-0.15, -0.1) is 11.6 Å². The van der Waals surface area contributed by atoms with Gasteiger partial charge < -0.3 is 9.47 Å². The first-order valence-corrected chi connectivity index (χ1v) is 6.76. The van der Waals surface area contributed by atoms with Crippen LogP contribution in [0.1, 0.15) is 16.7 Å². The zero-order chi connectivity index (χ0) is 15.2. The van der Waals surface area contributed by atoms with Crippen molar-refractivity contribution in [1.29, 1.82) is 5.26 Å². The average Bonchev–Trinajstić information content (AvgIpc) is 2.53. The van der Waals surface area contributed by atoms with Crippen LogP contribution in [0.3, 0.4) is 0 Å². The van der Waals surface area contributed by atoms with Crippen molar-refractivity contribution < 1.29 is 13.9 Å². The van der Waals surface area contributed by atoms with Crippen molar-refractivity contribution >= 4 is 11.6 Å². The third-order valence-corrected chi connectivity index (χ3v) is 3.25. The van der Waals surface area contributed by atoms with E-state index in [0.29, 0.717) is 16.9 Å². The van der Waals surface area contributed by atoms with Crippen LogP contribution in [0.25, 0.3) is 0 Å². The van der Waals surface area contributed by atoms with Gasteiger partial charge in [0.05, 0.1) is 18.6 Å². The quantitative estimate of drug-likeness (QED) is 0.783. The number of para-hydroxylation sites is 1. The summed E-state index contributed by atoms with van der Waals surface area (Å²) < 4.78 is 24.4. The number of ether oxygens (including phenoxy) is 2. The fraction of sp³-hybridized carbons (Fsp3) is 0.188. The van der Waals surface area contributed by atoms with E-state index < -0.39 is 5.82 Å². The number of alkyl halides is 1. The molecule has 0 bridgehead atoms. The van der Waals surface area contributed by atoms with Crippen molar-refractivity contribution in [2.45, 2.75) is 12.5 Å². The number of benzene rings is 2. The molecule has 0 atom stereocenters. The summed E-state index contributed by atoms with van der Waals surface area (Å²) >= 11 is 5.77. The highest BCUT2D eigenvalue weighted by atomic mass is 35.5. The molecule has 0 unspecified atom stereocenters. The number of nitriles is 1. The van der Waals surface area contributed by atoms with E-state index in [1.165, 1.54) is 13.2 Å². The minimum absolute atomic E-state index is 0.149. The van der Waals surface area contributed by atoms with E-state index in [1.54, 1.807) is 30.3 Å². The summed E-state index contributed by atoms with van der Waals surface area (Å²) in [7, 11) is 1.49. The van der Waals surface area contributed by atoms with Crippen molar-refractivity contribution in [3.8, 4) is 17.6 Å². The molecule has 21 heavy (non-hydrogen) atoms. The van der Waals surface area contributed by atoms with Crippen LogP contribution < -0.4 is 9.47 Å². The Hall–Kier alpha value is -2.25. The molecule has 2 rings (SSSR count). The lowest BCUT2D eigenvalue weighted by molar-refractivity contribution is 0.287. The van der Waals surface area contributed by atoms with Gasteiger partial charge in [0.25, 0.3) is 0 Å². The van der Waals surface area contributed by atoms with Crippen molar-refractivity contribution in [3.05, 3.63) is 58.9 Å². The van der Waals surface area contributed by atoms with Crippen LogP contribution >= 0.6 is 11.6 Å². The van der Waals surface area contributed by atoms with E-state index in [4.69, 9.17) is 26.3 Å². The normalized spacial score (nSPS) is 10.0. The second-order valence-corrected chi connectivity index (χ2v) is 4.56. The number of rotatable bonds is 5. The molecule has 0 saturated carbocycles. The predicted molar refractivity (Wildman–Crippen MR) is 78.0 cm³/mol. The first kappa shape index (κ1) is 15.1. The molecule has 5 heteroatoms. The molecular weight excluding hydrogens is 293 g/mol. The lowest BCUT2D eigenvalue weighted by Crippen LogP contribution is -2.01. The maximum absolute atomic E-state index is 13.8. The fourth-order valence-electron chi connectivity index (χ4n) is 1.89. The Balaban J connectivity index is 2.19. The molecule has 2 aromatic carbocycles. The largest absolute Gasteiger partial charge is 0.495 e. The van der Waals surface area contributed by atoms with Crippen molar-refractivity contribution in [2.24, 2.45) is 0 Å². The van der Waals surface area contributed by atoms with Gasteiger partial charge in [-0.3, -0.25) is 0 Å². The number of nitrogens with zero attached hydrogens (tertiary/aromatic N) is 1. The standard InChI is InChI=1S/C16H13ClFNO2/c1-20-15-7-11(5-6-13(15)9-19)10-21-16-12(8-17)3-2-4-14(16)18/h2-7H,8,10H2,1H3. The fourth-order valence-corrected chi connectivity index (χ4v) is 2.10. The zero-order valence-electron chi connectivity index (χ0n) is 11.4. The number of methoxy groups -OCH3 is 1. The highest BCUT2D eigenvalue weighted by molar-refractivity contribution is 6.17. The van der Waals surface area contributed by atoms with Gasteiger partial charge in [0.1, 0.15) is 18.4 Å². The molecule has 0 aliphatic rings. The summed E-state index contributed by atoms with van der Waals surface area (Å²) in [6.45, 7) is 0.160. The van der Waals surface area contributed by atoms with E-state index in [9.17, 15) is 4.39 Å². The molecule has 0 aliphatic heterocycles. The van der Waals surface area contributed by atoms with Crippen molar-refractivity contribution in [2.75, 3.05) is 7.11 Å². The smallest absolute Gasteiger partial charge is 0.165 e. The average molecular weight is 306 g/mol. The third kappa shape index (κ3) is 3.45. The number of hydrogen-bond acceptors (Lipinski definition) is 3. The summed E-state index contributed by atoms with van der Waals surface area (Å²) in [6, 6.07) is 11.7. The Morgan fingerprint density at radius 3 is 2.76 bits per heavy atom. The Morgan fingerprint density at radius 1 is 1.29 bits per heavy atom. The van der Waals surface area contributed by atoms with Crippen molar-refractivity contribution in [3.63, 3.8) is 0 Å². The summed E-state index contributed by atoms with van der Waals surface area (Å²) in [4.78, 5) is 0. The Labute approximate surface area is 127 Å². The molecule has 108 valence electrons. The molecule has 2 aromatic rings. The van der Waals surface area contributed by atoms with Crippen LogP contribution in [0.2, 0.25) is 0 Å². The molecule has 0 aromatic heterocycles. The number of hydrogen-bond donors (Lipinski definition) is 0. The van der Waals surface area contributed by atoms with E-state index in [2.05, 4.69) is 0 Å². The van der Waals surface area contributed by atoms with Gasteiger partial charge in [0, 0.05) is 5.56 Å². The first-order valence-electron chi connectivity index (χ1n) is 6.22. The van der Waals surface area contributed by atoms with Crippen LogP contribution in [0, 0.1) is 17.1 Å². The summed E-state index contributed by atoms with van der Waals surface area (Å²) in [5.74, 6) is 0.332.